The molecule has 0 unspecified atom stereocenters. The monoisotopic (exact) mass is 405 g/mol. The Morgan fingerprint density at radius 2 is 1.75 bits per heavy atom. The number of nitrogens with one attached hydrogen (secondary N) is 1. The second kappa shape index (κ2) is 7.06. The minimum absolute atomic E-state index is 0.0446. The highest BCUT2D eigenvalue weighted by Crippen LogP contribution is 2.58. The van der Waals surface area contributed by atoms with Gasteiger partial charge < -0.3 is 14.8 Å². The summed E-state index contributed by atoms with van der Waals surface area (Å²) in [6.45, 7) is 4.08. The molecule has 1 heterocycles. The first-order valence-electron chi connectivity index (χ1n) is 8.62. The Labute approximate surface area is 164 Å². The van der Waals surface area contributed by atoms with E-state index in [0.29, 0.717) is 11.4 Å². The van der Waals surface area contributed by atoms with E-state index >= 15 is 0 Å². The minimum atomic E-state index is -3.74. The summed E-state index contributed by atoms with van der Waals surface area (Å²) in [6, 6.07) is 9.50. The molecule has 1 amide bonds. The largest absolute Gasteiger partial charge is 0.481 e. The van der Waals surface area contributed by atoms with Crippen molar-refractivity contribution < 1.29 is 22.7 Å². The maximum Gasteiger partial charge on any atom is 0.257 e. The standard InChI is InChI=1S/C19H23N3O5S/c1-19(2)15(11-5-7-12(8-6-11)28(20,24)25)16(19)22-17(23)13-9-10-14(26-3)21-18(13)27-4/h5-10,15-16H,1-4H3,(H,22,23)(H2,20,24,25)/t15-,16-/m0/s1. The first-order chi connectivity index (χ1) is 13.1. The average molecular weight is 405 g/mol. The van der Waals surface area contributed by atoms with Gasteiger partial charge in [0.1, 0.15) is 5.56 Å². The van der Waals surface area contributed by atoms with E-state index in [0.717, 1.165) is 5.56 Å². The van der Waals surface area contributed by atoms with Gasteiger partial charge in [-0.25, -0.2) is 13.6 Å². The Morgan fingerprint density at radius 3 is 2.29 bits per heavy atom. The number of primary sulfonamides is 1. The van der Waals surface area contributed by atoms with Crippen LogP contribution < -0.4 is 19.9 Å². The molecule has 1 aromatic carbocycles. The topological polar surface area (TPSA) is 121 Å². The third-order valence-corrected chi connectivity index (χ3v) is 6.09. The highest BCUT2D eigenvalue weighted by atomic mass is 32.2. The van der Waals surface area contributed by atoms with Crippen LogP contribution in [0.25, 0.3) is 0 Å². The van der Waals surface area contributed by atoms with Gasteiger partial charge in [-0.05, 0) is 29.2 Å². The van der Waals surface area contributed by atoms with Crippen LogP contribution in [0.2, 0.25) is 0 Å². The quantitative estimate of drug-likeness (QED) is 0.754. The fraction of sp³-hybridized carbons (Fsp3) is 0.368. The summed E-state index contributed by atoms with van der Waals surface area (Å²) in [4.78, 5) is 16.9. The van der Waals surface area contributed by atoms with Gasteiger partial charge in [0.05, 0.1) is 19.1 Å². The number of nitrogens with zero attached hydrogens (tertiary/aromatic N) is 1. The van der Waals surface area contributed by atoms with E-state index in [9.17, 15) is 13.2 Å². The number of methoxy groups -OCH3 is 2. The van der Waals surface area contributed by atoms with Crippen molar-refractivity contribution in [1.29, 1.82) is 0 Å². The Morgan fingerprint density at radius 1 is 1.11 bits per heavy atom. The van der Waals surface area contributed by atoms with Crippen LogP contribution in [0.15, 0.2) is 41.3 Å². The second-order valence-electron chi connectivity index (χ2n) is 7.27. The molecule has 28 heavy (non-hydrogen) atoms. The van der Waals surface area contributed by atoms with Gasteiger partial charge in [0.2, 0.25) is 21.8 Å². The number of sulfonamides is 1. The van der Waals surface area contributed by atoms with Gasteiger partial charge in [-0.15, -0.1) is 0 Å². The van der Waals surface area contributed by atoms with Gasteiger partial charge in [-0.3, -0.25) is 4.79 Å². The van der Waals surface area contributed by atoms with Crippen molar-refractivity contribution in [3.63, 3.8) is 0 Å². The Hall–Kier alpha value is -2.65. The van der Waals surface area contributed by atoms with Gasteiger partial charge in [0, 0.05) is 18.0 Å². The van der Waals surface area contributed by atoms with E-state index in [1.54, 1.807) is 24.3 Å². The van der Waals surface area contributed by atoms with Crippen molar-refractivity contribution in [3.05, 3.63) is 47.5 Å². The molecule has 0 spiro atoms. The summed E-state index contributed by atoms with van der Waals surface area (Å²) < 4.78 is 33.1. The highest BCUT2D eigenvalue weighted by Gasteiger charge is 2.59. The van der Waals surface area contributed by atoms with Crippen molar-refractivity contribution in [3.8, 4) is 11.8 Å². The average Bonchev–Trinajstić information content (AvgIpc) is 3.20. The third kappa shape index (κ3) is 3.67. The molecular weight excluding hydrogens is 382 g/mol. The summed E-state index contributed by atoms with van der Waals surface area (Å²) in [5.74, 6) is 0.286. The zero-order chi connectivity index (χ0) is 20.7. The van der Waals surface area contributed by atoms with E-state index in [2.05, 4.69) is 10.3 Å². The molecule has 1 aliphatic carbocycles. The molecule has 1 fully saturated rings. The zero-order valence-electron chi connectivity index (χ0n) is 16.1. The smallest absolute Gasteiger partial charge is 0.257 e. The molecule has 2 atom stereocenters. The maximum atomic E-state index is 12.8. The lowest BCUT2D eigenvalue weighted by Crippen LogP contribution is -2.29. The predicted octanol–water partition coefficient (Wildman–Crippen LogP) is 1.67. The van der Waals surface area contributed by atoms with Crippen LogP contribution in [0.3, 0.4) is 0 Å². The lowest BCUT2D eigenvalue weighted by Gasteiger charge is -2.10. The van der Waals surface area contributed by atoms with Crippen LogP contribution in [0.5, 0.6) is 11.8 Å². The lowest BCUT2D eigenvalue weighted by atomic mass is 10.0. The number of carbonyl (C=O) groups is 1. The fourth-order valence-corrected chi connectivity index (χ4v) is 3.99. The van der Waals surface area contributed by atoms with Crippen molar-refractivity contribution in [2.24, 2.45) is 10.6 Å². The Bertz CT molecular complexity index is 1000. The second-order valence-corrected chi connectivity index (χ2v) is 8.84. The van der Waals surface area contributed by atoms with Gasteiger partial charge in [0.15, 0.2) is 0 Å². The number of benzene rings is 1. The molecule has 9 heteroatoms. The van der Waals surface area contributed by atoms with E-state index in [1.165, 1.54) is 26.4 Å². The van der Waals surface area contributed by atoms with Crippen LogP contribution in [-0.4, -0.2) is 39.6 Å². The van der Waals surface area contributed by atoms with Crippen LogP contribution in [-0.2, 0) is 10.0 Å². The van der Waals surface area contributed by atoms with E-state index < -0.39 is 10.0 Å². The van der Waals surface area contributed by atoms with Crippen molar-refractivity contribution in [2.75, 3.05) is 14.2 Å². The summed E-state index contributed by atoms with van der Waals surface area (Å²) in [6.07, 6.45) is 0. The summed E-state index contributed by atoms with van der Waals surface area (Å²) in [5.41, 5.74) is 1.06. The molecule has 3 N–H and O–H groups in total. The molecule has 0 bridgehead atoms. The number of nitrogens with two attached hydrogens (primary N) is 1. The molecule has 0 aliphatic heterocycles. The zero-order valence-corrected chi connectivity index (χ0v) is 16.9. The SMILES string of the molecule is COc1ccc(C(=O)N[C@H]2[C@H](c3ccc(S(N)(=O)=O)cc3)C2(C)C)c(OC)n1. The minimum Gasteiger partial charge on any atom is -0.481 e. The van der Waals surface area contributed by atoms with Crippen molar-refractivity contribution >= 4 is 15.9 Å². The highest BCUT2D eigenvalue weighted by molar-refractivity contribution is 7.89. The predicted molar refractivity (Wildman–Crippen MR) is 103 cm³/mol. The molecular formula is C19H23N3O5S. The van der Waals surface area contributed by atoms with Gasteiger partial charge >= 0.3 is 0 Å². The number of hydrogen-bond donors (Lipinski definition) is 2. The van der Waals surface area contributed by atoms with Crippen LogP contribution in [0.4, 0.5) is 0 Å². The normalized spacial score (nSPS) is 20.3. The summed E-state index contributed by atoms with van der Waals surface area (Å²) in [7, 11) is -0.810. The van der Waals surface area contributed by atoms with E-state index in [1.807, 2.05) is 13.8 Å². The number of rotatable bonds is 6. The van der Waals surface area contributed by atoms with E-state index in [-0.39, 0.29) is 34.1 Å². The van der Waals surface area contributed by atoms with E-state index in [4.69, 9.17) is 14.6 Å². The van der Waals surface area contributed by atoms with Crippen LogP contribution in [0, 0.1) is 5.41 Å². The summed E-state index contributed by atoms with van der Waals surface area (Å²) in [5, 5.41) is 8.17. The molecule has 1 aromatic heterocycles. The molecule has 0 saturated heterocycles. The number of amides is 1. The fourth-order valence-electron chi connectivity index (χ4n) is 3.48. The molecule has 150 valence electrons. The number of pyridine rings is 1. The van der Waals surface area contributed by atoms with Crippen molar-refractivity contribution in [2.45, 2.75) is 30.7 Å². The first kappa shape index (κ1) is 20.1. The third-order valence-electron chi connectivity index (χ3n) is 5.16. The van der Waals surface area contributed by atoms with Crippen LogP contribution >= 0.6 is 0 Å². The van der Waals surface area contributed by atoms with Crippen molar-refractivity contribution in [1.82, 2.24) is 10.3 Å². The molecule has 0 radical (unpaired) electrons. The number of hydrogen-bond acceptors (Lipinski definition) is 6. The number of ether oxygens (including phenoxy) is 2. The Balaban J connectivity index is 1.79. The van der Waals surface area contributed by atoms with Crippen LogP contribution in [0.1, 0.15) is 35.7 Å². The lowest BCUT2D eigenvalue weighted by molar-refractivity contribution is 0.0942. The maximum absolute atomic E-state index is 12.8. The number of aromatic nitrogens is 1. The Kier molecular flexibility index (Phi) is 5.07. The van der Waals surface area contributed by atoms with Gasteiger partial charge in [-0.1, -0.05) is 26.0 Å². The molecule has 2 aromatic rings. The first-order valence-corrected chi connectivity index (χ1v) is 10.2. The molecule has 8 nitrogen and oxygen atoms in total. The molecule has 1 saturated carbocycles. The number of carbonyl (C=O) groups excluding carboxylic acids is 1. The summed E-state index contributed by atoms with van der Waals surface area (Å²) >= 11 is 0. The molecule has 1 aliphatic rings. The molecule has 3 rings (SSSR count). The van der Waals surface area contributed by atoms with Gasteiger partial charge in [-0.2, -0.15) is 4.98 Å². The van der Waals surface area contributed by atoms with Gasteiger partial charge in [0.25, 0.3) is 5.91 Å².